The van der Waals surface area contributed by atoms with Gasteiger partial charge in [0.05, 0.1) is 19.0 Å². The van der Waals surface area contributed by atoms with E-state index in [-0.39, 0.29) is 6.10 Å². The zero-order valence-corrected chi connectivity index (χ0v) is 10.7. The van der Waals surface area contributed by atoms with Crippen molar-refractivity contribution in [3.8, 4) is 0 Å². The first-order valence-electron chi connectivity index (χ1n) is 5.66. The fraction of sp³-hybridized carbons (Fsp3) is 0.600. The summed E-state index contributed by atoms with van der Waals surface area (Å²) in [6, 6.07) is 0. The molecule has 1 fully saturated rings. The summed E-state index contributed by atoms with van der Waals surface area (Å²) in [6.07, 6.45) is 1.64. The number of aliphatic hydroxyl groups excluding tert-OH is 1. The minimum absolute atomic E-state index is 0.282. The maximum Gasteiger partial charge on any atom is 0.170 e. The molecule has 7 heteroatoms. The predicted molar refractivity (Wildman–Crippen MR) is 69.0 cm³/mol. The van der Waals surface area contributed by atoms with Crippen LogP contribution in [0.5, 0.6) is 0 Å². The van der Waals surface area contributed by atoms with Crippen LogP contribution in [0.4, 0.5) is 5.82 Å². The standard InChI is InChI=1S/C10H12N4OS2/c15-6-3-14-8-7(12-10(14)17-4-6)9-13(5-11-8)1-2-16-9/h5-6,9,15H,1-4H2/t6-,9?/m1/s1. The van der Waals surface area contributed by atoms with E-state index >= 15 is 0 Å². The van der Waals surface area contributed by atoms with E-state index in [0.717, 1.165) is 34.7 Å². The first kappa shape index (κ1) is 10.3. The molecule has 90 valence electrons. The molecule has 1 N–H and O–H groups in total. The van der Waals surface area contributed by atoms with Crippen molar-refractivity contribution >= 4 is 35.7 Å². The van der Waals surface area contributed by atoms with Crippen LogP contribution >= 0.6 is 23.5 Å². The molecular formula is C10H12N4OS2. The average Bonchev–Trinajstić information content (AvgIpc) is 2.91. The summed E-state index contributed by atoms with van der Waals surface area (Å²) in [5.41, 5.74) is 1.08. The highest BCUT2D eigenvalue weighted by Gasteiger charge is 2.35. The van der Waals surface area contributed by atoms with Gasteiger partial charge in [-0.15, -0.1) is 11.8 Å². The van der Waals surface area contributed by atoms with Gasteiger partial charge in [0, 0.05) is 18.1 Å². The third-order valence-corrected chi connectivity index (χ3v) is 5.57. The number of fused-ring (bicyclic) bond motifs is 5. The second-order valence-electron chi connectivity index (χ2n) is 4.38. The minimum atomic E-state index is -0.282. The second-order valence-corrected chi connectivity index (χ2v) is 6.56. The Bertz CT molecular complexity index is 501. The molecule has 1 unspecified atom stereocenters. The van der Waals surface area contributed by atoms with Crippen LogP contribution in [0, 0.1) is 0 Å². The number of nitrogens with zero attached hydrogens (tertiary/aromatic N) is 4. The normalized spacial score (nSPS) is 30.1. The number of imidazole rings is 1. The van der Waals surface area contributed by atoms with E-state index in [2.05, 4.69) is 14.5 Å². The van der Waals surface area contributed by atoms with Gasteiger partial charge in [-0.25, -0.2) is 9.98 Å². The molecule has 1 saturated heterocycles. The zero-order chi connectivity index (χ0) is 11.4. The smallest absolute Gasteiger partial charge is 0.170 e. The van der Waals surface area contributed by atoms with Crippen molar-refractivity contribution in [3.05, 3.63) is 5.69 Å². The van der Waals surface area contributed by atoms with Crippen molar-refractivity contribution in [1.82, 2.24) is 14.5 Å². The van der Waals surface area contributed by atoms with E-state index in [1.54, 1.807) is 11.8 Å². The lowest BCUT2D eigenvalue weighted by atomic mass is 10.3. The first-order chi connectivity index (χ1) is 8.33. The fourth-order valence-corrected chi connectivity index (χ4v) is 4.55. The molecule has 0 saturated carbocycles. The lowest BCUT2D eigenvalue weighted by molar-refractivity contribution is 0.171. The summed E-state index contributed by atoms with van der Waals surface area (Å²) in [5, 5.41) is 11.1. The Labute approximate surface area is 107 Å². The zero-order valence-electron chi connectivity index (χ0n) is 9.11. The highest BCUT2D eigenvalue weighted by atomic mass is 32.2. The highest BCUT2D eigenvalue weighted by Crippen LogP contribution is 2.45. The van der Waals surface area contributed by atoms with E-state index in [1.165, 1.54) is 0 Å². The van der Waals surface area contributed by atoms with Gasteiger partial charge < -0.3 is 14.6 Å². The van der Waals surface area contributed by atoms with Gasteiger partial charge in [0.2, 0.25) is 0 Å². The third-order valence-electron chi connectivity index (χ3n) is 3.22. The number of aliphatic hydroxyl groups is 1. The van der Waals surface area contributed by atoms with Crippen molar-refractivity contribution in [3.63, 3.8) is 0 Å². The van der Waals surface area contributed by atoms with E-state index in [1.807, 2.05) is 18.1 Å². The Hall–Kier alpha value is -0.660. The van der Waals surface area contributed by atoms with Crippen LogP contribution in [0.25, 0.3) is 0 Å². The summed E-state index contributed by atoms with van der Waals surface area (Å²) >= 11 is 3.54. The Kier molecular flexibility index (Phi) is 2.22. The maximum atomic E-state index is 9.73. The lowest BCUT2D eigenvalue weighted by Crippen LogP contribution is -2.25. The second kappa shape index (κ2) is 3.66. The molecule has 0 bridgehead atoms. The number of rotatable bonds is 0. The van der Waals surface area contributed by atoms with Crippen molar-refractivity contribution in [1.29, 1.82) is 0 Å². The van der Waals surface area contributed by atoms with E-state index in [9.17, 15) is 5.11 Å². The van der Waals surface area contributed by atoms with Gasteiger partial charge >= 0.3 is 0 Å². The molecule has 0 aromatic carbocycles. The van der Waals surface area contributed by atoms with Gasteiger partial charge in [-0.1, -0.05) is 11.8 Å². The molecule has 17 heavy (non-hydrogen) atoms. The molecule has 4 heterocycles. The van der Waals surface area contributed by atoms with Crippen LogP contribution in [-0.2, 0) is 6.54 Å². The minimum Gasteiger partial charge on any atom is -0.390 e. The van der Waals surface area contributed by atoms with Crippen LogP contribution in [0.2, 0.25) is 0 Å². The molecule has 3 aliphatic rings. The summed E-state index contributed by atoms with van der Waals surface area (Å²) in [6.45, 7) is 1.68. The number of hydrogen-bond donors (Lipinski definition) is 1. The van der Waals surface area contributed by atoms with Crippen molar-refractivity contribution in [2.45, 2.75) is 23.2 Å². The van der Waals surface area contributed by atoms with E-state index < -0.39 is 0 Å². The summed E-state index contributed by atoms with van der Waals surface area (Å²) in [7, 11) is 0. The molecule has 1 aromatic heterocycles. The van der Waals surface area contributed by atoms with E-state index in [4.69, 9.17) is 4.98 Å². The number of thioether (sulfide) groups is 2. The summed E-state index contributed by atoms with van der Waals surface area (Å²) in [4.78, 5) is 11.5. The van der Waals surface area contributed by atoms with Gasteiger partial charge in [-0.2, -0.15) is 0 Å². The van der Waals surface area contributed by atoms with Crippen LogP contribution in [0.3, 0.4) is 0 Å². The maximum absolute atomic E-state index is 9.73. The Morgan fingerprint density at radius 2 is 2.41 bits per heavy atom. The topological polar surface area (TPSA) is 53.7 Å². The lowest BCUT2D eigenvalue weighted by Gasteiger charge is -2.24. The molecule has 0 spiro atoms. The van der Waals surface area contributed by atoms with Crippen LogP contribution < -0.4 is 0 Å². The number of aromatic nitrogens is 2. The van der Waals surface area contributed by atoms with Gasteiger partial charge in [-0.05, 0) is 0 Å². The van der Waals surface area contributed by atoms with Crippen LogP contribution in [-0.4, -0.2) is 50.1 Å². The number of aliphatic imine (C=N–C) groups is 1. The van der Waals surface area contributed by atoms with Crippen molar-refractivity contribution < 1.29 is 5.11 Å². The summed E-state index contributed by atoms with van der Waals surface area (Å²) < 4.78 is 2.06. The largest absolute Gasteiger partial charge is 0.390 e. The molecule has 4 rings (SSSR count). The SMILES string of the molecule is O[C@H]1CSc2nc3c(n2C1)N=CN1CCSC31. The van der Waals surface area contributed by atoms with E-state index in [0.29, 0.717) is 11.9 Å². The van der Waals surface area contributed by atoms with Crippen molar-refractivity contribution in [2.24, 2.45) is 4.99 Å². The van der Waals surface area contributed by atoms with Gasteiger partial charge in [-0.3, -0.25) is 0 Å². The Morgan fingerprint density at radius 3 is 3.35 bits per heavy atom. The van der Waals surface area contributed by atoms with Gasteiger partial charge in [0.1, 0.15) is 11.1 Å². The summed E-state index contributed by atoms with van der Waals surface area (Å²) in [5.74, 6) is 2.82. The molecule has 3 aliphatic heterocycles. The molecule has 5 nitrogen and oxygen atoms in total. The fourth-order valence-electron chi connectivity index (χ4n) is 2.42. The molecule has 0 radical (unpaired) electrons. The van der Waals surface area contributed by atoms with Crippen molar-refractivity contribution in [2.75, 3.05) is 18.1 Å². The molecular weight excluding hydrogens is 256 g/mol. The predicted octanol–water partition coefficient (Wildman–Crippen LogP) is 1.07. The quantitative estimate of drug-likeness (QED) is 0.763. The molecule has 0 aliphatic carbocycles. The van der Waals surface area contributed by atoms with Crippen LogP contribution in [0.1, 0.15) is 11.1 Å². The van der Waals surface area contributed by atoms with Gasteiger partial charge in [0.25, 0.3) is 0 Å². The average molecular weight is 268 g/mol. The van der Waals surface area contributed by atoms with Gasteiger partial charge in [0.15, 0.2) is 11.0 Å². The Balaban J connectivity index is 1.83. The van der Waals surface area contributed by atoms with Crippen LogP contribution in [0.15, 0.2) is 10.1 Å². The first-order valence-corrected chi connectivity index (χ1v) is 7.69. The molecule has 2 atom stereocenters. The monoisotopic (exact) mass is 268 g/mol. The number of hydrogen-bond acceptors (Lipinski definition) is 6. The highest BCUT2D eigenvalue weighted by molar-refractivity contribution is 7.99. The molecule has 0 amide bonds. The Morgan fingerprint density at radius 1 is 1.47 bits per heavy atom. The third kappa shape index (κ3) is 1.45. The molecule has 1 aromatic rings.